The summed E-state index contributed by atoms with van der Waals surface area (Å²) in [5.74, 6) is 0.0380. The summed E-state index contributed by atoms with van der Waals surface area (Å²) >= 11 is 0. The second-order valence-corrected chi connectivity index (χ2v) is 2.83. The fourth-order valence-corrected chi connectivity index (χ4v) is 0.658. The van der Waals surface area contributed by atoms with E-state index in [9.17, 15) is 12.9 Å². The van der Waals surface area contributed by atoms with Crippen molar-refractivity contribution >= 4 is 6.98 Å². The van der Waals surface area contributed by atoms with Crippen LogP contribution in [0.3, 0.4) is 0 Å². The van der Waals surface area contributed by atoms with Crippen LogP contribution in [0, 0.1) is 5.92 Å². The molecule has 0 aliphatic carbocycles. The van der Waals surface area contributed by atoms with E-state index in [-0.39, 0.29) is 12.3 Å². The van der Waals surface area contributed by atoms with E-state index in [1.54, 1.807) is 13.8 Å². The monoisotopic (exact) mass is 151 g/mol. The Labute approximate surface area is 59.2 Å². The Morgan fingerprint density at radius 1 is 1.40 bits per heavy atom. The quantitative estimate of drug-likeness (QED) is 0.543. The second kappa shape index (κ2) is 3.13. The van der Waals surface area contributed by atoms with Crippen LogP contribution in [0.5, 0.6) is 0 Å². The molecule has 0 spiro atoms. The van der Waals surface area contributed by atoms with Crippen molar-refractivity contribution in [3.05, 3.63) is 12.1 Å². The van der Waals surface area contributed by atoms with Crippen LogP contribution in [-0.4, -0.2) is 6.98 Å². The molecule has 0 radical (unpaired) electrons. The van der Waals surface area contributed by atoms with Crippen molar-refractivity contribution in [1.82, 2.24) is 0 Å². The lowest BCUT2D eigenvalue weighted by atomic mass is 9.76. The van der Waals surface area contributed by atoms with E-state index in [1.165, 1.54) is 0 Å². The molecule has 0 nitrogen and oxygen atoms in total. The Bertz CT molecular complexity index is 125. The SMILES string of the molecule is C=C(CC(C)C)[B-](F)(F)F. The Balaban J connectivity index is 3.87. The van der Waals surface area contributed by atoms with Crippen LogP contribution in [0.4, 0.5) is 12.9 Å². The highest BCUT2D eigenvalue weighted by Gasteiger charge is 2.26. The Morgan fingerprint density at radius 2 is 1.80 bits per heavy atom. The number of allylic oxidation sites excluding steroid dienone is 1. The van der Waals surface area contributed by atoms with Gasteiger partial charge in [0.15, 0.2) is 0 Å². The fraction of sp³-hybridized carbons (Fsp3) is 0.667. The maximum atomic E-state index is 11.8. The van der Waals surface area contributed by atoms with Crippen LogP contribution in [0.2, 0.25) is 0 Å². The van der Waals surface area contributed by atoms with Gasteiger partial charge in [-0.05, 0) is 5.92 Å². The summed E-state index contributed by atoms with van der Waals surface area (Å²) in [5, 5.41) is 0. The molecule has 0 saturated heterocycles. The lowest BCUT2D eigenvalue weighted by molar-refractivity contribution is 0.477. The second-order valence-electron chi connectivity index (χ2n) is 2.83. The Kier molecular flexibility index (Phi) is 3.00. The number of halogens is 3. The number of hydrogen-bond acceptors (Lipinski definition) is 0. The lowest BCUT2D eigenvalue weighted by Crippen LogP contribution is -2.19. The first-order valence-electron chi connectivity index (χ1n) is 3.21. The minimum Gasteiger partial charge on any atom is -0.445 e. The van der Waals surface area contributed by atoms with Gasteiger partial charge in [0, 0.05) is 0 Å². The lowest BCUT2D eigenvalue weighted by Gasteiger charge is -2.19. The summed E-state index contributed by atoms with van der Waals surface area (Å²) in [4.78, 5) is 0. The zero-order chi connectivity index (χ0) is 8.36. The summed E-state index contributed by atoms with van der Waals surface area (Å²) in [6, 6.07) is 0. The van der Waals surface area contributed by atoms with Crippen LogP contribution in [0.1, 0.15) is 20.3 Å². The summed E-state index contributed by atoms with van der Waals surface area (Å²) in [6.07, 6.45) is 0.0590. The van der Waals surface area contributed by atoms with Gasteiger partial charge in [-0.1, -0.05) is 20.3 Å². The summed E-state index contributed by atoms with van der Waals surface area (Å²) in [6.45, 7) is 1.66. The highest BCUT2D eigenvalue weighted by Crippen LogP contribution is 2.23. The molecule has 0 rings (SSSR count). The third kappa shape index (κ3) is 3.59. The predicted octanol–water partition coefficient (Wildman–Crippen LogP) is 2.98. The first kappa shape index (κ1) is 9.59. The fourth-order valence-electron chi connectivity index (χ4n) is 0.658. The molecule has 0 bridgehead atoms. The molecule has 10 heavy (non-hydrogen) atoms. The van der Waals surface area contributed by atoms with Crippen molar-refractivity contribution in [3.63, 3.8) is 0 Å². The molecule has 0 aliphatic heterocycles. The molecule has 0 N–H and O–H groups in total. The first-order chi connectivity index (χ1) is 4.34. The highest BCUT2D eigenvalue weighted by atomic mass is 19.4. The highest BCUT2D eigenvalue weighted by molar-refractivity contribution is 6.66. The van der Waals surface area contributed by atoms with Crippen molar-refractivity contribution in [2.75, 3.05) is 0 Å². The third-order valence-electron chi connectivity index (χ3n) is 1.13. The van der Waals surface area contributed by atoms with E-state index in [0.717, 1.165) is 0 Å². The molecular formula is C6H11BF3-. The normalized spacial score (nSPS) is 12.2. The molecular weight excluding hydrogens is 140 g/mol. The van der Waals surface area contributed by atoms with Gasteiger partial charge in [0.05, 0.1) is 0 Å². The zero-order valence-corrected chi connectivity index (χ0v) is 6.20. The first-order valence-corrected chi connectivity index (χ1v) is 3.21. The summed E-state index contributed by atoms with van der Waals surface area (Å²) in [5.41, 5.74) is -0.574. The molecule has 0 aromatic heterocycles. The van der Waals surface area contributed by atoms with Gasteiger partial charge in [0.1, 0.15) is 0 Å². The summed E-state index contributed by atoms with van der Waals surface area (Å²) in [7, 11) is 0. The van der Waals surface area contributed by atoms with E-state index in [2.05, 4.69) is 6.58 Å². The van der Waals surface area contributed by atoms with Gasteiger partial charge >= 0.3 is 6.98 Å². The zero-order valence-electron chi connectivity index (χ0n) is 6.20. The van der Waals surface area contributed by atoms with Crippen molar-refractivity contribution in [2.24, 2.45) is 5.92 Å². The van der Waals surface area contributed by atoms with Gasteiger partial charge in [-0.3, -0.25) is 0 Å². The van der Waals surface area contributed by atoms with Gasteiger partial charge in [-0.15, -0.1) is 12.1 Å². The molecule has 4 heteroatoms. The van der Waals surface area contributed by atoms with Crippen molar-refractivity contribution < 1.29 is 12.9 Å². The minimum atomic E-state index is -4.80. The third-order valence-corrected chi connectivity index (χ3v) is 1.13. The predicted molar refractivity (Wildman–Crippen MR) is 37.7 cm³/mol. The van der Waals surface area contributed by atoms with Gasteiger partial charge in [-0.2, -0.15) is 0 Å². The van der Waals surface area contributed by atoms with Crippen molar-refractivity contribution in [2.45, 2.75) is 20.3 Å². The molecule has 0 saturated carbocycles. The largest absolute Gasteiger partial charge is 0.505 e. The molecule has 0 aliphatic rings. The molecule has 0 unspecified atom stereocenters. The maximum Gasteiger partial charge on any atom is 0.505 e. The molecule has 0 heterocycles. The molecule has 0 atom stereocenters. The Morgan fingerprint density at radius 3 is 1.90 bits per heavy atom. The minimum absolute atomic E-state index is 0.0380. The summed E-state index contributed by atoms with van der Waals surface area (Å²) < 4.78 is 35.3. The van der Waals surface area contributed by atoms with E-state index < -0.39 is 12.4 Å². The average Bonchev–Trinajstić information content (AvgIpc) is 1.60. The van der Waals surface area contributed by atoms with Crippen LogP contribution < -0.4 is 0 Å². The van der Waals surface area contributed by atoms with Crippen molar-refractivity contribution in [1.29, 1.82) is 0 Å². The van der Waals surface area contributed by atoms with E-state index in [0.29, 0.717) is 0 Å². The van der Waals surface area contributed by atoms with E-state index in [1.807, 2.05) is 0 Å². The average molecular weight is 151 g/mol. The van der Waals surface area contributed by atoms with Crippen LogP contribution in [-0.2, 0) is 0 Å². The van der Waals surface area contributed by atoms with Crippen molar-refractivity contribution in [3.8, 4) is 0 Å². The molecule has 60 valence electrons. The molecule has 0 amide bonds. The van der Waals surface area contributed by atoms with Gasteiger partial charge < -0.3 is 12.9 Å². The standard InChI is InChI=1S/C6H11BF3/c1-5(2)4-6(3)7(8,9)10/h5H,3-4H2,1-2H3/q-1. The maximum absolute atomic E-state index is 11.8. The Hall–Kier alpha value is -0.405. The number of hydrogen-bond donors (Lipinski definition) is 0. The van der Waals surface area contributed by atoms with Gasteiger partial charge in [0.25, 0.3) is 0 Å². The topological polar surface area (TPSA) is 0 Å². The van der Waals surface area contributed by atoms with Crippen LogP contribution >= 0.6 is 0 Å². The number of rotatable bonds is 3. The molecule has 0 aromatic rings. The smallest absolute Gasteiger partial charge is 0.445 e. The molecule has 0 aromatic carbocycles. The van der Waals surface area contributed by atoms with Crippen LogP contribution in [0.25, 0.3) is 0 Å². The van der Waals surface area contributed by atoms with Gasteiger partial charge in [-0.25, -0.2) is 0 Å². The van der Waals surface area contributed by atoms with Crippen LogP contribution in [0.15, 0.2) is 12.1 Å². The molecule has 0 fully saturated rings. The van der Waals surface area contributed by atoms with Gasteiger partial charge in [0.2, 0.25) is 0 Å². The van der Waals surface area contributed by atoms with E-state index >= 15 is 0 Å². The van der Waals surface area contributed by atoms with E-state index in [4.69, 9.17) is 0 Å².